The predicted octanol–water partition coefficient (Wildman–Crippen LogP) is 3.31. The predicted molar refractivity (Wildman–Crippen MR) is 98.0 cm³/mol. The molecule has 3 aromatic rings. The number of hydrogen-bond donors (Lipinski definition) is 1. The Bertz CT molecular complexity index is 1040. The van der Waals surface area contributed by atoms with Crippen molar-refractivity contribution in [3.8, 4) is 5.75 Å². The number of H-pyrrole nitrogens is 1. The molecule has 0 saturated carbocycles. The van der Waals surface area contributed by atoms with Crippen molar-refractivity contribution in [1.82, 2.24) is 4.98 Å². The summed E-state index contributed by atoms with van der Waals surface area (Å²) in [6, 6.07) is 18.2. The van der Waals surface area contributed by atoms with Gasteiger partial charge in [-0.1, -0.05) is 49.0 Å². The van der Waals surface area contributed by atoms with Crippen LogP contribution in [0.1, 0.15) is 12.0 Å². The molecule has 5 heteroatoms. The summed E-state index contributed by atoms with van der Waals surface area (Å²) in [6.07, 6.45) is 0.358. The number of para-hydroxylation sites is 1. The number of cyclic esters (lactones) is 1. The van der Waals surface area contributed by atoms with E-state index in [0.29, 0.717) is 23.3 Å². The summed E-state index contributed by atoms with van der Waals surface area (Å²) in [5.41, 5.74) is 0.759. The van der Waals surface area contributed by atoms with Crippen LogP contribution >= 0.6 is 0 Å². The molecule has 0 bridgehead atoms. The molecule has 1 aliphatic rings. The van der Waals surface area contributed by atoms with Gasteiger partial charge < -0.3 is 14.5 Å². The molecule has 1 saturated heterocycles. The smallest absolute Gasteiger partial charge is 0.334 e. The molecule has 26 heavy (non-hydrogen) atoms. The van der Waals surface area contributed by atoms with Gasteiger partial charge in [0.15, 0.2) is 5.60 Å². The van der Waals surface area contributed by atoms with E-state index in [9.17, 15) is 9.59 Å². The molecule has 2 aromatic carbocycles. The Balaban J connectivity index is 1.71. The number of benzene rings is 2. The van der Waals surface area contributed by atoms with Crippen molar-refractivity contribution < 1.29 is 14.3 Å². The van der Waals surface area contributed by atoms with Crippen LogP contribution in [0.25, 0.3) is 10.9 Å². The first kappa shape index (κ1) is 16.1. The zero-order valence-corrected chi connectivity index (χ0v) is 14.0. The van der Waals surface area contributed by atoms with Crippen molar-refractivity contribution in [1.29, 1.82) is 0 Å². The highest BCUT2D eigenvalue weighted by Crippen LogP contribution is 2.40. The molecule has 0 spiro atoms. The molecule has 1 aromatic heterocycles. The lowest BCUT2D eigenvalue weighted by molar-refractivity contribution is -0.150. The van der Waals surface area contributed by atoms with E-state index >= 15 is 0 Å². The van der Waals surface area contributed by atoms with Gasteiger partial charge in [-0.3, -0.25) is 4.79 Å². The van der Waals surface area contributed by atoms with E-state index < -0.39 is 11.6 Å². The molecule has 1 atom stereocenters. The molecule has 5 nitrogen and oxygen atoms in total. The summed E-state index contributed by atoms with van der Waals surface area (Å²) in [5, 5.41) is 0.865. The highest BCUT2D eigenvalue weighted by atomic mass is 16.6. The summed E-state index contributed by atoms with van der Waals surface area (Å²) < 4.78 is 11.7. The third-order valence-electron chi connectivity index (χ3n) is 4.56. The van der Waals surface area contributed by atoms with E-state index in [4.69, 9.17) is 9.47 Å². The highest BCUT2D eigenvalue weighted by Gasteiger charge is 2.45. The Labute approximate surface area is 149 Å². The number of aromatic amines is 1. The largest absolute Gasteiger partial charge is 0.487 e. The number of fused-ring (bicyclic) bond motifs is 1. The normalized spacial score (nSPS) is 19.5. The molecule has 1 N–H and O–H groups in total. The van der Waals surface area contributed by atoms with Gasteiger partial charge in [0, 0.05) is 23.4 Å². The lowest BCUT2D eigenvalue weighted by Gasteiger charge is -2.28. The summed E-state index contributed by atoms with van der Waals surface area (Å²) in [6.45, 7) is 3.92. The fourth-order valence-corrected chi connectivity index (χ4v) is 3.23. The highest BCUT2D eigenvalue weighted by molar-refractivity contribution is 5.90. The van der Waals surface area contributed by atoms with Crippen LogP contribution in [0.15, 0.2) is 77.6 Å². The van der Waals surface area contributed by atoms with E-state index in [-0.39, 0.29) is 12.2 Å². The number of nitrogens with one attached hydrogen (secondary N) is 1. The number of hydrogen-bond acceptors (Lipinski definition) is 4. The third-order valence-corrected chi connectivity index (χ3v) is 4.56. The van der Waals surface area contributed by atoms with Crippen LogP contribution in [0.3, 0.4) is 0 Å². The summed E-state index contributed by atoms with van der Waals surface area (Å²) >= 11 is 0. The van der Waals surface area contributed by atoms with Gasteiger partial charge in [0.05, 0.1) is 5.52 Å². The zero-order valence-electron chi connectivity index (χ0n) is 14.0. The maximum atomic E-state index is 12.0. The number of ether oxygens (including phenoxy) is 2. The number of esters is 1. The second kappa shape index (κ2) is 6.19. The minimum Gasteiger partial charge on any atom is -0.487 e. The van der Waals surface area contributed by atoms with Gasteiger partial charge in [0.2, 0.25) is 5.56 Å². The molecule has 1 fully saturated rings. The van der Waals surface area contributed by atoms with Crippen molar-refractivity contribution in [2.24, 2.45) is 0 Å². The second-order valence-corrected chi connectivity index (χ2v) is 6.36. The van der Waals surface area contributed by atoms with Crippen molar-refractivity contribution in [3.05, 3.63) is 88.7 Å². The fraction of sp³-hybridized carbons (Fsp3) is 0.143. The fourth-order valence-electron chi connectivity index (χ4n) is 3.23. The molecular weight excluding hydrogens is 330 g/mol. The maximum Gasteiger partial charge on any atom is 0.334 e. The van der Waals surface area contributed by atoms with Gasteiger partial charge in [-0.25, -0.2) is 4.79 Å². The Hall–Kier alpha value is -3.34. The molecule has 2 heterocycles. The summed E-state index contributed by atoms with van der Waals surface area (Å²) in [4.78, 5) is 26.5. The van der Waals surface area contributed by atoms with Crippen molar-refractivity contribution in [2.45, 2.75) is 12.0 Å². The third kappa shape index (κ3) is 2.77. The molecule has 130 valence electrons. The minimum atomic E-state index is -0.924. The average molecular weight is 347 g/mol. The number of carbonyl (C=O) groups excluding carboxylic acids is 1. The van der Waals surface area contributed by atoms with Crippen LogP contribution in [-0.4, -0.2) is 17.6 Å². The van der Waals surface area contributed by atoms with Crippen LogP contribution in [-0.2, 0) is 15.1 Å². The quantitative estimate of drug-likeness (QED) is 0.581. The number of carbonyl (C=O) groups is 1. The van der Waals surface area contributed by atoms with Crippen LogP contribution in [0.4, 0.5) is 0 Å². The van der Waals surface area contributed by atoms with Crippen molar-refractivity contribution >= 4 is 16.9 Å². The van der Waals surface area contributed by atoms with Gasteiger partial charge in [-0.05, 0) is 17.7 Å². The van der Waals surface area contributed by atoms with Crippen LogP contribution in [0.2, 0.25) is 0 Å². The van der Waals surface area contributed by atoms with Crippen molar-refractivity contribution in [2.75, 3.05) is 6.61 Å². The summed E-state index contributed by atoms with van der Waals surface area (Å²) in [7, 11) is 0. The van der Waals surface area contributed by atoms with Gasteiger partial charge in [0.1, 0.15) is 12.4 Å². The Morgan fingerprint density at radius 2 is 1.85 bits per heavy atom. The van der Waals surface area contributed by atoms with E-state index in [0.717, 1.165) is 10.9 Å². The van der Waals surface area contributed by atoms with Gasteiger partial charge in [-0.2, -0.15) is 0 Å². The molecule has 4 rings (SSSR count). The van der Waals surface area contributed by atoms with Gasteiger partial charge >= 0.3 is 5.97 Å². The molecule has 0 radical (unpaired) electrons. The van der Waals surface area contributed by atoms with Gasteiger partial charge in [-0.15, -0.1) is 0 Å². The lowest BCUT2D eigenvalue weighted by atomic mass is 9.90. The first-order valence-electron chi connectivity index (χ1n) is 8.29. The zero-order chi connectivity index (χ0) is 18.1. The topological polar surface area (TPSA) is 68.4 Å². The monoisotopic (exact) mass is 347 g/mol. The molecule has 0 aliphatic carbocycles. The Morgan fingerprint density at radius 3 is 2.58 bits per heavy atom. The van der Waals surface area contributed by atoms with E-state index in [1.54, 1.807) is 12.1 Å². The molecule has 0 amide bonds. The number of rotatable bonds is 4. The van der Waals surface area contributed by atoms with Crippen LogP contribution < -0.4 is 10.3 Å². The van der Waals surface area contributed by atoms with E-state index in [1.807, 2.05) is 42.5 Å². The molecule has 1 aliphatic heterocycles. The number of aromatic nitrogens is 1. The first-order valence-corrected chi connectivity index (χ1v) is 8.29. The van der Waals surface area contributed by atoms with Crippen molar-refractivity contribution in [3.63, 3.8) is 0 Å². The average Bonchev–Trinajstić information content (AvgIpc) is 2.96. The summed E-state index contributed by atoms with van der Waals surface area (Å²) in [5.74, 6) is 0.118. The lowest BCUT2D eigenvalue weighted by Crippen LogP contribution is -2.33. The van der Waals surface area contributed by atoms with Crippen LogP contribution in [0.5, 0.6) is 5.75 Å². The molecule has 1 unspecified atom stereocenters. The Morgan fingerprint density at radius 1 is 1.04 bits per heavy atom. The maximum absolute atomic E-state index is 12.0. The standard InChI is InChI=1S/C21H17NO4/c1-14-12-21(26-20(14)24,16-7-3-2-4-8-16)13-25-17-9-5-6-15-10-11-18(23)22-19(15)17/h2-11H,1,12-13H2,(H,22,23). The van der Waals surface area contributed by atoms with E-state index in [2.05, 4.69) is 11.6 Å². The SMILES string of the molecule is C=C1CC(COc2cccc3ccc(=O)[nH]c23)(c2ccccc2)OC1=O. The van der Waals surface area contributed by atoms with E-state index in [1.165, 1.54) is 6.07 Å². The van der Waals surface area contributed by atoms with Gasteiger partial charge in [0.25, 0.3) is 0 Å². The Kier molecular flexibility index (Phi) is 3.84. The van der Waals surface area contributed by atoms with Crippen LogP contribution in [0, 0.1) is 0 Å². The second-order valence-electron chi connectivity index (χ2n) is 6.36. The number of pyridine rings is 1. The first-order chi connectivity index (χ1) is 12.6. The molecular formula is C21H17NO4. The minimum absolute atomic E-state index is 0.123.